The summed E-state index contributed by atoms with van der Waals surface area (Å²) in [5.74, 6) is -0.243. The molecule has 0 saturated carbocycles. The quantitative estimate of drug-likeness (QED) is 0.828. The zero-order valence-corrected chi connectivity index (χ0v) is 13.5. The molecule has 1 aliphatic heterocycles. The van der Waals surface area contributed by atoms with E-state index in [0.717, 1.165) is 11.1 Å². The highest BCUT2D eigenvalue weighted by molar-refractivity contribution is 6.01. The maximum absolute atomic E-state index is 11.6. The Labute approximate surface area is 135 Å². The summed E-state index contributed by atoms with van der Waals surface area (Å²) in [6.45, 7) is 5.95. The first kappa shape index (κ1) is 16.8. The molecule has 0 bridgehead atoms. The lowest BCUT2D eigenvalue weighted by Gasteiger charge is -2.19. The topological polar surface area (TPSA) is 87.7 Å². The lowest BCUT2D eigenvalue weighted by molar-refractivity contribution is -0.125. The minimum Gasteiger partial charge on any atom is -0.444 e. The summed E-state index contributed by atoms with van der Waals surface area (Å²) >= 11 is 0. The number of benzene rings is 1. The number of rotatable bonds is 4. The highest BCUT2D eigenvalue weighted by atomic mass is 16.6. The van der Waals surface area contributed by atoms with Crippen LogP contribution in [0.5, 0.6) is 0 Å². The molecule has 2 N–H and O–H groups in total. The van der Waals surface area contributed by atoms with Crippen molar-refractivity contribution >= 4 is 18.0 Å². The van der Waals surface area contributed by atoms with Gasteiger partial charge in [-0.1, -0.05) is 24.3 Å². The Kier molecular flexibility index (Phi) is 4.88. The van der Waals surface area contributed by atoms with Gasteiger partial charge in [0.1, 0.15) is 5.60 Å². The van der Waals surface area contributed by atoms with Gasteiger partial charge in [0, 0.05) is 6.54 Å². The van der Waals surface area contributed by atoms with E-state index in [1.807, 2.05) is 24.3 Å². The Morgan fingerprint density at radius 2 is 2.00 bits per heavy atom. The summed E-state index contributed by atoms with van der Waals surface area (Å²) in [5.41, 5.74) is 1.13. The van der Waals surface area contributed by atoms with E-state index >= 15 is 0 Å². The van der Waals surface area contributed by atoms with Crippen LogP contribution in [0.15, 0.2) is 24.3 Å². The number of carbonyl (C=O) groups is 3. The largest absolute Gasteiger partial charge is 0.444 e. The highest BCUT2D eigenvalue weighted by Crippen LogP contribution is 2.12. The third-order valence-corrected chi connectivity index (χ3v) is 3.10. The first-order chi connectivity index (χ1) is 10.7. The highest BCUT2D eigenvalue weighted by Gasteiger charge is 2.28. The number of hydrogen-bond acceptors (Lipinski definition) is 4. The van der Waals surface area contributed by atoms with Gasteiger partial charge in [0.25, 0.3) is 0 Å². The van der Waals surface area contributed by atoms with Gasteiger partial charge in [0.05, 0.1) is 13.1 Å². The molecule has 2 rings (SSSR count). The standard InChI is InChI=1S/C16H21N3O4/c1-16(2,3)23-15(22)18-8-11-5-4-6-12(7-11)10-19-13(20)9-17-14(19)21/h4-7H,8-10H2,1-3H3,(H,17,21)(H,18,22). The monoisotopic (exact) mass is 319 g/mol. The Hall–Kier alpha value is -2.57. The van der Waals surface area contributed by atoms with Crippen LogP contribution >= 0.6 is 0 Å². The van der Waals surface area contributed by atoms with E-state index in [-0.39, 0.29) is 25.0 Å². The molecule has 0 radical (unpaired) electrons. The fourth-order valence-electron chi connectivity index (χ4n) is 2.12. The van der Waals surface area contributed by atoms with Crippen molar-refractivity contribution in [2.24, 2.45) is 0 Å². The average Bonchev–Trinajstić information content (AvgIpc) is 2.76. The summed E-state index contributed by atoms with van der Waals surface area (Å²) in [4.78, 5) is 35.9. The van der Waals surface area contributed by atoms with Gasteiger partial charge < -0.3 is 15.4 Å². The van der Waals surface area contributed by atoms with Crippen LogP contribution in [0.25, 0.3) is 0 Å². The van der Waals surface area contributed by atoms with Crippen molar-refractivity contribution in [3.05, 3.63) is 35.4 Å². The van der Waals surface area contributed by atoms with Gasteiger partial charge in [-0.2, -0.15) is 0 Å². The first-order valence-electron chi connectivity index (χ1n) is 7.37. The molecule has 23 heavy (non-hydrogen) atoms. The maximum atomic E-state index is 11.6. The van der Waals surface area contributed by atoms with Crippen LogP contribution in [-0.4, -0.2) is 35.1 Å². The molecule has 7 nitrogen and oxygen atoms in total. The predicted molar refractivity (Wildman–Crippen MR) is 83.5 cm³/mol. The van der Waals surface area contributed by atoms with Gasteiger partial charge in [-0.25, -0.2) is 9.59 Å². The van der Waals surface area contributed by atoms with E-state index in [4.69, 9.17) is 4.74 Å². The van der Waals surface area contributed by atoms with Gasteiger partial charge in [0.2, 0.25) is 5.91 Å². The molecule has 0 aliphatic carbocycles. The minimum atomic E-state index is -0.546. The fourth-order valence-corrected chi connectivity index (χ4v) is 2.12. The summed E-state index contributed by atoms with van der Waals surface area (Å²) in [6.07, 6.45) is -0.489. The van der Waals surface area contributed by atoms with Crippen molar-refractivity contribution in [3.8, 4) is 0 Å². The van der Waals surface area contributed by atoms with Crippen molar-refractivity contribution in [2.75, 3.05) is 6.54 Å². The molecule has 1 aromatic rings. The van der Waals surface area contributed by atoms with E-state index in [9.17, 15) is 14.4 Å². The molecule has 0 atom stereocenters. The van der Waals surface area contributed by atoms with Crippen LogP contribution in [0, 0.1) is 0 Å². The number of urea groups is 1. The second-order valence-electron chi connectivity index (χ2n) is 6.31. The number of ether oxygens (including phenoxy) is 1. The molecule has 1 saturated heterocycles. The van der Waals surface area contributed by atoms with Gasteiger partial charge in [0.15, 0.2) is 0 Å². The van der Waals surface area contributed by atoms with Crippen molar-refractivity contribution in [1.82, 2.24) is 15.5 Å². The Morgan fingerprint density at radius 3 is 2.61 bits per heavy atom. The second-order valence-corrected chi connectivity index (χ2v) is 6.31. The van der Waals surface area contributed by atoms with E-state index < -0.39 is 11.7 Å². The van der Waals surface area contributed by atoms with Gasteiger partial charge >= 0.3 is 12.1 Å². The summed E-state index contributed by atoms with van der Waals surface area (Å²) in [6, 6.07) is 6.96. The molecule has 4 amide bonds. The SMILES string of the molecule is CC(C)(C)OC(=O)NCc1cccc(CN2C(=O)CNC2=O)c1. The number of nitrogens with zero attached hydrogens (tertiary/aromatic N) is 1. The normalized spacial score (nSPS) is 14.7. The molecule has 124 valence electrons. The molecule has 1 heterocycles. The second kappa shape index (κ2) is 6.68. The zero-order chi connectivity index (χ0) is 17.0. The first-order valence-corrected chi connectivity index (χ1v) is 7.37. The summed E-state index contributed by atoms with van der Waals surface area (Å²) in [7, 11) is 0. The molecular weight excluding hydrogens is 298 g/mol. The van der Waals surface area contributed by atoms with Crippen LogP contribution in [0.1, 0.15) is 31.9 Å². The van der Waals surface area contributed by atoms with Crippen LogP contribution in [-0.2, 0) is 22.6 Å². The van der Waals surface area contributed by atoms with E-state index in [1.165, 1.54) is 4.90 Å². The molecule has 0 aromatic heterocycles. The van der Waals surface area contributed by atoms with E-state index in [2.05, 4.69) is 10.6 Å². The average molecular weight is 319 g/mol. The zero-order valence-electron chi connectivity index (χ0n) is 13.5. The molecular formula is C16H21N3O4. The van der Waals surface area contributed by atoms with E-state index in [0.29, 0.717) is 6.54 Å². The maximum Gasteiger partial charge on any atom is 0.407 e. The van der Waals surface area contributed by atoms with E-state index in [1.54, 1.807) is 20.8 Å². The molecule has 0 unspecified atom stereocenters. The number of imide groups is 1. The summed E-state index contributed by atoms with van der Waals surface area (Å²) < 4.78 is 5.17. The lowest BCUT2D eigenvalue weighted by atomic mass is 10.1. The van der Waals surface area contributed by atoms with Crippen LogP contribution in [0.3, 0.4) is 0 Å². The molecule has 7 heteroatoms. The van der Waals surface area contributed by atoms with Crippen molar-refractivity contribution < 1.29 is 19.1 Å². The van der Waals surface area contributed by atoms with Crippen molar-refractivity contribution in [2.45, 2.75) is 39.5 Å². The third-order valence-electron chi connectivity index (χ3n) is 3.10. The fraction of sp³-hybridized carbons (Fsp3) is 0.438. The number of nitrogens with one attached hydrogen (secondary N) is 2. The number of hydrogen-bond donors (Lipinski definition) is 2. The van der Waals surface area contributed by atoms with Crippen molar-refractivity contribution in [1.29, 1.82) is 0 Å². The van der Waals surface area contributed by atoms with Crippen molar-refractivity contribution in [3.63, 3.8) is 0 Å². The van der Waals surface area contributed by atoms with Gasteiger partial charge in [-0.05, 0) is 31.9 Å². The van der Waals surface area contributed by atoms with Gasteiger partial charge in [-0.15, -0.1) is 0 Å². The Morgan fingerprint density at radius 1 is 1.30 bits per heavy atom. The Bertz CT molecular complexity index is 606. The lowest BCUT2D eigenvalue weighted by Crippen LogP contribution is -2.32. The molecule has 1 aliphatic rings. The number of alkyl carbamates (subject to hydrolysis) is 1. The third kappa shape index (κ3) is 4.98. The Balaban J connectivity index is 1.93. The number of amides is 4. The van der Waals surface area contributed by atoms with Gasteiger partial charge in [-0.3, -0.25) is 9.69 Å². The molecule has 1 fully saturated rings. The van der Waals surface area contributed by atoms with Crippen LogP contribution < -0.4 is 10.6 Å². The molecule has 1 aromatic carbocycles. The smallest absolute Gasteiger partial charge is 0.407 e. The predicted octanol–water partition coefficient (Wildman–Crippen LogP) is 1.76. The summed E-state index contributed by atoms with van der Waals surface area (Å²) in [5, 5.41) is 5.15. The minimum absolute atomic E-state index is 0.0404. The molecule has 0 spiro atoms. The number of carbonyl (C=O) groups excluding carboxylic acids is 3. The van der Waals surface area contributed by atoms with Crippen LogP contribution in [0.4, 0.5) is 9.59 Å². The van der Waals surface area contributed by atoms with Crippen LogP contribution in [0.2, 0.25) is 0 Å².